The highest BCUT2D eigenvalue weighted by Gasteiger charge is 2.40. The quantitative estimate of drug-likeness (QED) is 0.844. The van der Waals surface area contributed by atoms with Gasteiger partial charge < -0.3 is 9.84 Å². The molecule has 0 saturated carbocycles. The molecule has 25 heavy (non-hydrogen) atoms. The van der Waals surface area contributed by atoms with Crippen molar-refractivity contribution in [2.24, 2.45) is 5.10 Å². The van der Waals surface area contributed by atoms with Gasteiger partial charge in [0.25, 0.3) is 0 Å². The third kappa shape index (κ3) is 3.07. The molecule has 0 amide bonds. The molecule has 0 bridgehead atoms. The van der Waals surface area contributed by atoms with E-state index in [1.165, 1.54) is 0 Å². The molecule has 2 aliphatic rings. The molecule has 2 atom stereocenters. The zero-order chi connectivity index (χ0) is 17.4. The molecule has 4 rings (SSSR count). The van der Waals surface area contributed by atoms with Crippen molar-refractivity contribution in [2.75, 3.05) is 12.0 Å². The van der Waals surface area contributed by atoms with E-state index in [-0.39, 0.29) is 18.0 Å². The van der Waals surface area contributed by atoms with E-state index >= 15 is 0 Å². The van der Waals surface area contributed by atoms with Crippen LogP contribution in [0.3, 0.4) is 0 Å². The Hall–Kier alpha value is -1.85. The molecule has 0 spiro atoms. The molecular weight excluding hydrogens is 356 g/mol. The van der Waals surface area contributed by atoms with Gasteiger partial charge in [0.2, 0.25) is 0 Å². The summed E-state index contributed by atoms with van der Waals surface area (Å²) in [6.45, 7) is 0. The summed E-state index contributed by atoms with van der Waals surface area (Å²) in [5.41, 5.74) is 2.72. The molecule has 2 unspecified atom stereocenters. The summed E-state index contributed by atoms with van der Waals surface area (Å²) in [6.07, 6.45) is 3.60. The SMILES string of the molecule is CSCCC1Oc2ccc(Cl)cc2C2CC(c3ccccc3O)=NN12. The molecule has 2 aliphatic heterocycles. The zero-order valence-corrected chi connectivity index (χ0v) is 15.4. The second-order valence-electron chi connectivity index (χ2n) is 6.20. The number of hydrogen-bond acceptors (Lipinski definition) is 5. The minimum Gasteiger partial charge on any atom is -0.507 e. The Morgan fingerprint density at radius 1 is 1.32 bits per heavy atom. The summed E-state index contributed by atoms with van der Waals surface area (Å²) in [4.78, 5) is 0. The Bertz CT molecular complexity index is 827. The molecule has 6 heteroatoms. The minimum atomic E-state index is -0.102. The highest BCUT2D eigenvalue weighted by atomic mass is 35.5. The Labute approximate surface area is 156 Å². The Kier molecular flexibility index (Phi) is 4.52. The van der Waals surface area contributed by atoms with Crippen LogP contribution in [0.1, 0.15) is 30.0 Å². The Morgan fingerprint density at radius 3 is 2.96 bits per heavy atom. The van der Waals surface area contributed by atoms with Crippen molar-refractivity contribution >= 4 is 29.1 Å². The number of hydrazone groups is 1. The molecular formula is C19H19ClN2O2S. The maximum absolute atomic E-state index is 10.2. The summed E-state index contributed by atoms with van der Waals surface area (Å²) in [5, 5.41) is 17.7. The van der Waals surface area contributed by atoms with Crippen LogP contribution >= 0.6 is 23.4 Å². The van der Waals surface area contributed by atoms with Crippen LogP contribution in [0.2, 0.25) is 5.02 Å². The van der Waals surface area contributed by atoms with Crippen molar-refractivity contribution in [1.29, 1.82) is 0 Å². The fourth-order valence-electron chi connectivity index (χ4n) is 3.42. The molecule has 0 aromatic heterocycles. The first kappa shape index (κ1) is 16.6. The molecule has 0 fully saturated rings. The maximum Gasteiger partial charge on any atom is 0.188 e. The van der Waals surface area contributed by atoms with Gasteiger partial charge in [-0.05, 0) is 42.3 Å². The lowest BCUT2D eigenvalue weighted by molar-refractivity contribution is -0.0180. The molecule has 4 nitrogen and oxygen atoms in total. The van der Waals surface area contributed by atoms with Crippen LogP contribution in [-0.2, 0) is 0 Å². The lowest BCUT2D eigenvalue weighted by atomic mass is 9.96. The van der Waals surface area contributed by atoms with Gasteiger partial charge >= 0.3 is 0 Å². The molecule has 0 saturated heterocycles. The Morgan fingerprint density at radius 2 is 2.16 bits per heavy atom. The smallest absolute Gasteiger partial charge is 0.188 e. The first-order valence-corrected chi connectivity index (χ1v) is 10.0. The number of ether oxygens (including phenoxy) is 1. The van der Waals surface area contributed by atoms with Crippen LogP contribution in [0.4, 0.5) is 0 Å². The monoisotopic (exact) mass is 374 g/mol. The molecule has 2 aromatic carbocycles. The van der Waals surface area contributed by atoms with Gasteiger partial charge in [-0.2, -0.15) is 16.9 Å². The van der Waals surface area contributed by atoms with Gasteiger partial charge in [-0.15, -0.1) is 0 Å². The summed E-state index contributed by atoms with van der Waals surface area (Å²) in [7, 11) is 0. The second kappa shape index (κ2) is 6.81. The average Bonchev–Trinajstić information content (AvgIpc) is 3.06. The van der Waals surface area contributed by atoms with Gasteiger partial charge in [-0.3, -0.25) is 5.01 Å². The highest BCUT2D eigenvalue weighted by Crippen LogP contribution is 2.45. The highest BCUT2D eigenvalue weighted by molar-refractivity contribution is 7.98. The van der Waals surface area contributed by atoms with E-state index < -0.39 is 0 Å². The molecule has 130 valence electrons. The minimum absolute atomic E-state index is 0.0870. The van der Waals surface area contributed by atoms with Crippen LogP contribution in [0.5, 0.6) is 11.5 Å². The number of para-hydroxylation sites is 1. The van der Waals surface area contributed by atoms with Crippen LogP contribution < -0.4 is 4.74 Å². The van der Waals surface area contributed by atoms with Gasteiger partial charge in [-0.1, -0.05) is 23.7 Å². The number of rotatable bonds is 4. The summed E-state index contributed by atoms with van der Waals surface area (Å²) >= 11 is 8.01. The topological polar surface area (TPSA) is 45.1 Å². The first-order chi connectivity index (χ1) is 12.2. The van der Waals surface area contributed by atoms with Crippen LogP contribution in [0, 0.1) is 0 Å². The van der Waals surface area contributed by atoms with E-state index in [1.807, 2.05) is 41.4 Å². The average molecular weight is 375 g/mol. The normalized spacial score (nSPS) is 21.4. The second-order valence-corrected chi connectivity index (χ2v) is 7.62. The van der Waals surface area contributed by atoms with Crippen molar-refractivity contribution in [3.63, 3.8) is 0 Å². The molecule has 0 radical (unpaired) electrons. The van der Waals surface area contributed by atoms with Crippen molar-refractivity contribution in [3.8, 4) is 11.5 Å². The van der Waals surface area contributed by atoms with E-state index in [9.17, 15) is 5.11 Å². The standard InChI is InChI=1S/C19H19ClN2O2S/c1-25-9-8-19-22-16(14-10-12(20)6-7-18(14)24-19)11-15(21-22)13-4-2-3-5-17(13)23/h2-7,10,16,19,23H,8-9,11H2,1H3. The lowest BCUT2D eigenvalue weighted by Gasteiger charge is -2.38. The van der Waals surface area contributed by atoms with Crippen molar-refractivity contribution in [3.05, 3.63) is 58.6 Å². The maximum atomic E-state index is 10.2. The number of aromatic hydroxyl groups is 1. The van der Waals surface area contributed by atoms with Crippen molar-refractivity contribution in [2.45, 2.75) is 25.1 Å². The van der Waals surface area contributed by atoms with E-state index in [1.54, 1.807) is 17.8 Å². The van der Waals surface area contributed by atoms with E-state index in [0.29, 0.717) is 5.02 Å². The predicted molar refractivity (Wildman–Crippen MR) is 103 cm³/mol. The summed E-state index contributed by atoms with van der Waals surface area (Å²) in [6, 6.07) is 13.2. The van der Waals surface area contributed by atoms with Gasteiger partial charge in [-0.25, -0.2) is 0 Å². The van der Waals surface area contributed by atoms with Crippen molar-refractivity contribution in [1.82, 2.24) is 5.01 Å². The Balaban J connectivity index is 1.73. The first-order valence-electron chi connectivity index (χ1n) is 8.26. The third-order valence-electron chi connectivity index (χ3n) is 4.61. The van der Waals surface area contributed by atoms with Gasteiger partial charge in [0.1, 0.15) is 11.5 Å². The van der Waals surface area contributed by atoms with E-state index in [4.69, 9.17) is 21.4 Å². The van der Waals surface area contributed by atoms with Crippen molar-refractivity contribution < 1.29 is 9.84 Å². The van der Waals surface area contributed by atoms with Crippen LogP contribution in [0.15, 0.2) is 47.6 Å². The largest absolute Gasteiger partial charge is 0.507 e. The summed E-state index contributed by atoms with van der Waals surface area (Å²) in [5.74, 6) is 2.14. The number of nitrogens with zero attached hydrogens (tertiary/aromatic N) is 2. The number of hydrogen-bond donors (Lipinski definition) is 1. The van der Waals surface area contributed by atoms with Gasteiger partial charge in [0.15, 0.2) is 6.23 Å². The predicted octanol–water partition coefficient (Wildman–Crippen LogP) is 4.67. The van der Waals surface area contributed by atoms with E-state index in [0.717, 1.165) is 41.2 Å². The number of thioether (sulfide) groups is 1. The summed E-state index contributed by atoms with van der Waals surface area (Å²) < 4.78 is 6.20. The van der Waals surface area contributed by atoms with E-state index in [2.05, 4.69) is 6.26 Å². The zero-order valence-electron chi connectivity index (χ0n) is 13.9. The number of fused-ring (bicyclic) bond motifs is 3. The molecule has 2 aromatic rings. The number of benzene rings is 2. The fourth-order valence-corrected chi connectivity index (χ4v) is 4.04. The number of halogens is 1. The van der Waals surface area contributed by atoms with Crippen LogP contribution in [0.25, 0.3) is 0 Å². The molecule has 1 N–H and O–H groups in total. The molecule has 2 heterocycles. The van der Waals surface area contributed by atoms with Crippen LogP contribution in [-0.4, -0.2) is 34.1 Å². The van der Waals surface area contributed by atoms with Gasteiger partial charge in [0, 0.05) is 29.0 Å². The molecule has 0 aliphatic carbocycles. The number of phenols is 1. The number of phenolic OH excluding ortho intramolecular Hbond substituents is 1. The van der Waals surface area contributed by atoms with Gasteiger partial charge in [0.05, 0.1) is 11.8 Å². The fraction of sp³-hybridized carbons (Fsp3) is 0.316. The lowest BCUT2D eigenvalue weighted by Crippen LogP contribution is -2.40. The third-order valence-corrected chi connectivity index (χ3v) is 5.49.